The van der Waals surface area contributed by atoms with Gasteiger partial charge in [0.15, 0.2) is 0 Å². The normalized spacial score (nSPS) is 14.1. The van der Waals surface area contributed by atoms with Gasteiger partial charge in [0.2, 0.25) is 0 Å². The van der Waals surface area contributed by atoms with Gasteiger partial charge >= 0.3 is 0 Å². The predicted molar refractivity (Wildman–Crippen MR) is 62.6 cm³/mol. The van der Waals surface area contributed by atoms with Crippen LogP contribution >= 0.6 is 11.6 Å². The first-order chi connectivity index (χ1) is 6.39. The largest absolute Gasteiger partial charge is 0.325 e. The maximum absolute atomic E-state index is 6.03. The first-order valence-electron chi connectivity index (χ1n) is 4.93. The van der Waals surface area contributed by atoms with E-state index in [4.69, 9.17) is 17.3 Å². The molecule has 78 valence electrons. The highest BCUT2D eigenvalue weighted by molar-refractivity contribution is 6.30. The number of hydrogen-bond donors (Lipinski definition) is 1. The molecule has 1 nitrogen and oxygen atoms in total. The van der Waals surface area contributed by atoms with E-state index >= 15 is 0 Å². The van der Waals surface area contributed by atoms with Crippen molar-refractivity contribution in [2.45, 2.75) is 32.7 Å². The highest BCUT2D eigenvalue weighted by Crippen LogP contribution is 2.19. The number of rotatable bonds is 3. The molecule has 0 heterocycles. The van der Waals surface area contributed by atoms with Gasteiger partial charge in [-0.1, -0.05) is 30.7 Å². The summed E-state index contributed by atoms with van der Waals surface area (Å²) in [6.45, 7) is 6.30. The number of benzene rings is 1. The Labute approximate surface area is 91.3 Å². The summed E-state index contributed by atoms with van der Waals surface area (Å²) in [6.07, 6.45) is 1.00. The molecular formula is C12H18ClN. The van der Waals surface area contributed by atoms with Gasteiger partial charge in [-0.05, 0) is 43.9 Å². The molecule has 0 aliphatic rings. The third-order valence-corrected chi connectivity index (χ3v) is 2.98. The molecule has 0 spiro atoms. The van der Waals surface area contributed by atoms with E-state index in [1.165, 1.54) is 5.56 Å². The summed E-state index contributed by atoms with van der Waals surface area (Å²) in [4.78, 5) is 0. The molecule has 0 aromatic heterocycles. The lowest BCUT2D eigenvalue weighted by Crippen LogP contribution is -2.40. The monoisotopic (exact) mass is 211 g/mol. The highest BCUT2D eigenvalue weighted by Gasteiger charge is 2.20. The third-order valence-electron chi connectivity index (χ3n) is 2.73. The molecule has 1 aromatic carbocycles. The highest BCUT2D eigenvalue weighted by atomic mass is 35.5. The Morgan fingerprint density at radius 1 is 1.29 bits per heavy atom. The van der Waals surface area contributed by atoms with E-state index in [1.807, 2.05) is 12.1 Å². The summed E-state index contributed by atoms with van der Waals surface area (Å²) in [6, 6.07) is 7.97. The maximum Gasteiger partial charge on any atom is 0.0406 e. The van der Waals surface area contributed by atoms with Gasteiger partial charge in [-0.2, -0.15) is 0 Å². The second-order valence-corrected chi connectivity index (χ2v) is 4.99. The Kier molecular flexibility index (Phi) is 3.57. The van der Waals surface area contributed by atoms with Crippen molar-refractivity contribution >= 4 is 11.6 Å². The van der Waals surface area contributed by atoms with Gasteiger partial charge in [0.1, 0.15) is 0 Å². The summed E-state index contributed by atoms with van der Waals surface area (Å²) in [5, 5.41) is 0.786. The van der Waals surface area contributed by atoms with Gasteiger partial charge in [0.05, 0.1) is 0 Å². The molecule has 2 heteroatoms. The molecule has 1 unspecified atom stereocenters. The van der Waals surface area contributed by atoms with Crippen molar-refractivity contribution in [1.29, 1.82) is 0 Å². The topological polar surface area (TPSA) is 26.0 Å². The Morgan fingerprint density at radius 2 is 1.79 bits per heavy atom. The van der Waals surface area contributed by atoms with Crippen LogP contribution in [0.5, 0.6) is 0 Å². The van der Waals surface area contributed by atoms with Crippen molar-refractivity contribution in [3.63, 3.8) is 0 Å². The predicted octanol–water partition coefficient (Wildman–Crippen LogP) is 3.26. The molecule has 0 fully saturated rings. The molecule has 0 radical (unpaired) electrons. The van der Waals surface area contributed by atoms with Crippen LogP contribution in [0.1, 0.15) is 26.3 Å². The van der Waals surface area contributed by atoms with Gasteiger partial charge < -0.3 is 5.73 Å². The van der Waals surface area contributed by atoms with E-state index in [9.17, 15) is 0 Å². The summed E-state index contributed by atoms with van der Waals surface area (Å²) >= 11 is 5.81. The smallest absolute Gasteiger partial charge is 0.0406 e. The zero-order chi connectivity index (χ0) is 10.8. The van der Waals surface area contributed by atoms with Crippen molar-refractivity contribution in [2.24, 2.45) is 11.7 Å². The summed E-state index contributed by atoms with van der Waals surface area (Å²) in [5.74, 6) is 0.462. The molecule has 1 atom stereocenters. The average molecular weight is 212 g/mol. The molecule has 0 saturated carbocycles. The van der Waals surface area contributed by atoms with E-state index in [0.717, 1.165) is 11.4 Å². The molecule has 0 aliphatic carbocycles. The molecule has 0 saturated heterocycles. The number of hydrogen-bond acceptors (Lipinski definition) is 1. The van der Waals surface area contributed by atoms with Gasteiger partial charge in [0, 0.05) is 10.6 Å². The fraction of sp³-hybridized carbons (Fsp3) is 0.500. The minimum atomic E-state index is -0.125. The molecule has 0 aliphatic heterocycles. The van der Waals surface area contributed by atoms with Crippen LogP contribution in [0.4, 0.5) is 0 Å². The third kappa shape index (κ3) is 3.32. The molecule has 1 aromatic rings. The Hall–Kier alpha value is -0.530. The Morgan fingerprint density at radius 3 is 2.21 bits per heavy atom. The van der Waals surface area contributed by atoms with Crippen LogP contribution in [0.25, 0.3) is 0 Å². The lowest BCUT2D eigenvalue weighted by atomic mass is 9.85. The van der Waals surface area contributed by atoms with Crippen molar-refractivity contribution in [2.75, 3.05) is 0 Å². The Bertz CT molecular complexity index is 284. The lowest BCUT2D eigenvalue weighted by Gasteiger charge is -2.27. The van der Waals surface area contributed by atoms with Crippen molar-refractivity contribution in [3.8, 4) is 0 Å². The number of nitrogens with two attached hydrogens (primary N) is 1. The second-order valence-electron chi connectivity index (χ2n) is 4.55. The quantitative estimate of drug-likeness (QED) is 0.816. The zero-order valence-electron chi connectivity index (χ0n) is 9.05. The van der Waals surface area contributed by atoms with Gasteiger partial charge in [-0.25, -0.2) is 0 Å². The van der Waals surface area contributed by atoms with Gasteiger partial charge in [0.25, 0.3) is 0 Å². The van der Waals surface area contributed by atoms with Crippen LogP contribution < -0.4 is 5.73 Å². The van der Waals surface area contributed by atoms with Crippen LogP contribution in [0, 0.1) is 5.92 Å². The maximum atomic E-state index is 6.03. The van der Waals surface area contributed by atoms with Crippen LogP contribution in [-0.4, -0.2) is 5.54 Å². The van der Waals surface area contributed by atoms with E-state index in [-0.39, 0.29) is 5.54 Å². The average Bonchev–Trinajstić information content (AvgIpc) is 2.07. The van der Waals surface area contributed by atoms with Crippen LogP contribution in [0.3, 0.4) is 0 Å². The van der Waals surface area contributed by atoms with Gasteiger partial charge in [-0.15, -0.1) is 0 Å². The fourth-order valence-corrected chi connectivity index (χ4v) is 1.36. The molecule has 0 bridgehead atoms. The molecule has 0 amide bonds. The summed E-state index contributed by atoms with van der Waals surface area (Å²) in [7, 11) is 0. The first-order valence-corrected chi connectivity index (χ1v) is 5.30. The minimum absolute atomic E-state index is 0.125. The van der Waals surface area contributed by atoms with Crippen LogP contribution in [-0.2, 0) is 6.42 Å². The summed E-state index contributed by atoms with van der Waals surface area (Å²) < 4.78 is 0. The van der Waals surface area contributed by atoms with Crippen LogP contribution in [0.15, 0.2) is 24.3 Å². The van der Waals surface area contributed by atoms with Crippen molar-refractivity contribution < 1.29 is 0 Å². The minimum Gasteiger partial charge on any atom is -0.325 e. The molecular weight excluding hydrogens is 194 g/mol. The fourth-order valence-electron chi connectivity index (χ4n) is 1.24. The molecule has 1 rings (SSSR count). The lowest BCUT2D eigenvalue weighted by molar-refractivity contribution is 0.344. The van der Waals surface area contributed by atoms with Crippen LogP contribution in [0.2, 0.25) is 5.02 Å². The van der Waals surface area contributed by atoms with E-state index in [1.54, 1.807) is 0 Å². The molecule has 14 heavy (non-hydrogen) atoms. The van der Waals surface area contributed by atoms with Crippen molar-refractivity contribution in [1.82, 2.24) is 0 Å². The van der Waals surface area contributed by atoms with Gasteiger partial charge in [-0.3, -0.25) is 0 Å². The second kappa shape index (κ2) is 4.33. The first kappa shape index (κ1) is 11.5. The zero-order valence-corrected chi connectivity index (χ0v) is 9.81. The SMILES string of the molecule is CC(Cc1ccc(Cl)cc1)C(C)(C)N. The Balaban J connectivity index is 2.65. The molecule has 2 N–H and O–H groups in total. The van der Waals surface area contributed by atoms with Crippen molar-refractivity contribution in [3.05, 3.63) is 34.9 Å². The standard InChI is InChI=1S/C12H18ClN/c1-9(12(2,3)14)8-10-4-6-11(13)7-5-10/h4-7,9H,8,14H2,1-3H3. The van der Waals surface area contributed by atoms with E-state index in [2.05, 4.69) is 32.9 Å². The number of halogens is 1. The van der Waals surface area contributed by atoms with E-state index in [0.29, 0.717) is 5.92 Å². The van der Waals surface area contributed by atoms with E-state index < -0.39 is 0 Å². The summed E-state index contributed by atoms with van der Waals surface area (Å²) in [5.41, 5.74) is 7.20.